The minimum absolute atomic E-state index is 0.0275. The number of nitrogens with zero attached hydrogens (tertiary/aromatic N) is 2. The highest BCUT2D eigenvalue weighted by atomic mass is 79.9. The van der Waals surface area contributed by atoms with Crippen LogP contribution in [-0.4, -0.2) is 71.3 Å². The molecule has 2 aliphatic heterocycles. The van der Waals surface area contributed by atoms with Crippen molar-refractivity contribution in [3.05, 3.63) is 146 Å². The summed E-state index contributed by atoms with van der Waals surface area (Å²) in [4.78, 5) is 59.7. The highest BCUT2D eigenvalue weighted by Gasteiger charge is 2.29. The number of nitrogens with one attached hydrogen (secondary N) is 2. The van der Waals surface area contributed by atoms with E-state index in [0.717, 1.165) is 94.4 Å². The maximum Gasteiger partial charge on any atom is 0.409 e. The Morgan fingerprint density at radius 3 is 1.63 bits per heavy atom. The largest absolute Gasteiger partial charge is 0.450 e. The van der Waals surface area contributed by atoms with Gasteiger partial charge < -0.3 is 29.2 Å². The molecule has 2 N–H and O–H groups in total. The average molecular weight is 877 g/mol. The number of benzene rings is 2. The van der Waals surface area contributed by atoms with Crippen LogP contribution in [0, 0.1) is 0 Å². The van der Waals surface area contributed by atoms with E-state index in [1.165, 1.54) is 11.1 Å². The smallest absolute Gasteiger partial charge is 0.409 e. The topological polar surface area (TPSA) is 125 Å². The third kappa shape index (κ3) is 8.66. The fraction of sp³-hybridized carbons (Fsp3) is 0.364. The molecule has 2 aromatic heterocycles. The van der Waals surface area contributed by atoms with Gasteiger partial charge in [-0.25, -0.2) is 9.59 Å². The molecule has 10 nitrogen and oxygen atoms in total. The molecule has 2 amide bonds. The Hall–Kier alpha value is -4.58. The van der Waals surface area contributed by atoms with Crippen LogP contribution in [-0.2, 0) is 35.2 Å². The number of pyridine rings is 2. The van der Waals surface area contributed by atoms with Crippen molar-refractivity contribution in [3.63, 3.8) is 0 Å². The first-order chi connectivity index (χ1) is 27.6. The first kappa shape index (κ1) is 40.6. The summed E-state index contributed by atoms with van der Waals surface area (Å²) < 4.78 is 10.8. The van der Waals surface area contributed by atoms with Gasteiger partial charge in [-0.3, -0.25) is 9.59 Å². The highest BCUT2D eigenvalue weighted by molar-refractivity contribution is 9.10. The van der Waals surface area contributed by atoms with Gasteiger partial charge in [0.05, 0.1) is 29.1 Å². The van der Waals surface area contributed by atoms with Crippen molar-refractivity contribution in [1.29, 1.82) is 0 Å². The number of likely N-dealkylation sites (tertiary alicyclic amines) is 2. The van der Waals surface area contributed by atoms with Crippen molar-refractivity contribution in [2.75, 3.05) is 39.4 Å². The molecule has 13 heteroatoms. The second-order valence-electron chi connectivity index (χ2n) is 14.4. The second kappa shape index (κ2) is 17.9. The zero-order chi connectivity index (χ0) is 40.2. The maximum absolute atomic E-state index is 12.8. The van der Waals surface area contributed by atoms with Crippen LogP contribution in [0.2, 0.25) is 10.0 Å². The zero-order valence-electron chi connectivity index (χ0n) is 32.1. The van der Waals surface area contributed by atoms with Gasteiger partial charge in [0.1, 0.15) is 0 Å². The molecule has 0 atom stereocenters. The molecule has 0 saturated carbocycles. The van der Waals surface area contributed by atoms with Crippen LogP contribution in [0.4, 0.5) is 9.59 Å². The van der Waals surface area contributed by atoms with Gasteiger partial charge in [0.2, 0.25) is 0 Å². The number of aryl methyl sites for hydroxylation is 2. The molecule has 0 unspecified atom stereocenters. The third-order valence-corrected chi connectivity index (χ3v) is 12.2. The van der Waals surface area contributed by atoms with Crippen molar-refractivity contribution >= 4 is 62.5 Å². The SMILES string of the molecule is CCOC(=O)N1CCC(=C2c3ccc(Cl)cc3CCc3c2[nH]cc(Br)c3=O)CC1.CCOC(=O)N1CCC(=C2c3ccc(Cl)cc3CCc3c2[nH]ccc3=O)CC1. The van der Waals surface area contributed by atoms with E-state index in [1.807, 2.05) is 44.2 Å². The van der Waals surface area contributed by atoms with E-state index in [0.29, 0.717) is 66.8 Å². The summed E-state index contributed by atoms with van der Waals surface area (Å²) in [7, 11) is 0. The van der Waals surface area contributed by atoms with E-state index in [9.17, 15) is 19.2 Å². The molecule has 4 heterocycles. The summed E-state index contributed by atoms with van der Waals surface area (Å²) in [6.07, 6.45) is 8.80. The first-order valence-corrected chi connectivity index (χ1v) is 21.1. The minimum Gasteiger partial charge on any atom is -0.450 e. The van der Waals surface area contributed by atoms with Gasteiger partial charge in [0.15, 0.2) is 10.9 Å². The fourth-order valence-corrected chi connectivity index (χ4v) is 9.13. The molecule has 0 bridgehead atoms. The van der Waals surface area contributed by atoms with Gasteiger partial charge in [-0.1, -0.05) is 46.5 Å². The number of fused-ring (bicyclic) bond motifs is 4. The highest BCUT2D eigenvalue weighted by Crippen LogP contribution is 2.39. The molecule has 4 aromatic rings. The van der Waals surface area contributed by atoms with Gasteiger partial charge in [0.25, 0.3) is 0 Å². The number of amides is 2. The van der Waals surface area contributed by atoms with E-state index in [-0.39, 0.29) is 23.0 Å². The van der Waals surface area contributed by atoms with Crippen molar-refractivity contribution in [3.8, 4) is 0 Å². The van der Waals surface area contributed by atoms with E-state index in [4.69, 9.17) is 32.7 Å². The molecule has 57 heavy (non-hydrogen) atoms. The number of rotatable bonds is 2. The predicted molar refractivity (Wildman–Crippen MR) is 227 cm³/mol. The second-order valence-corrected chi connectivity index (χ2v) is 16.2. The monoisotopic (exact) mass is 874 g/mol. The van der Waals surface area contributed by atoms with E-state index in [1.54, 1.807) is 28.3 Å². The number of piperidine rings is 2. The van der Waals surface area contributed by atoms with E-state index < -0.39 is 0 Å². The van der Waals surface area contributed by atoms with Crippen molar-refractivity contribution in [1.82, 2.24) is 19.8 Å². The number of halogens is 3. The van der Waals surface area contributed by atoms with Crippen molar-refractivity contribution in [2.45, 2.75) is 65.2 Å². The Kier molecular flexibility index (Phi) is 12.8. The van der Waals surface area contributed by atoms with Gasteiger partial charge >= 0.3 is 12.2 Å². The molecule has 298 valence electrons. The molecule has 0 spiro atoms. The Morgan fingerprint density at radius 2 is 1.14 bits per heavy atom. The molecular weight excluding hydrogens is 831 g/mol. The summed E-state index contributed by atoms with van der Waals surface area (Å²) in [6.45, 7) is 6.84. The van der Waals surface area contributed by atoms with Crippen LogP contribution in [0.15, 0.2) is 80.1 Å². The lowest BCUT2D eigenvalue weighted by Gasteiger charge is -2.29. The van der Waals surface area contributed by atoms with Gasteiger partial charge in [-0.05, 0) is 128 Å². The number of hydrogen-bond donors (Lipinski definition) is 2. The third-order valence-electron chi connectivity index (χ3n) is 11.2. The molecular formula is C44H45BrCl2N4O6. The maximum atomic E-state index is 12.8. The van der Waals surface area contributed by atoms with Crippen LogP contribution in [0.25, 0.3) is 11.1 Å². The predicted octanol–water partition coefficient (Wildman–Crippen LogP) is 9.12. The Balaban J connectivity index is 0.000000174. The Bertz CT molecular complexity index is 2380. The average Bonchev–Trinajstić information content (AvgIpc) is 3.48. The van der Waals surface area contributed by atoms with Crippen LogP contribution in [0.1, 0.15) is 84.3 Å². The van der Waals surface area contributed by atoms with Gasteiger partial charge in [-0.2, -0.15) is 0 Å². The normalized spacial score (nSPS) is 16.2. The van der Waals surface area contributed by atoms with Crippen molar-refractivity contribution in [2.24, 2.45) is 0 Å². The summed E-state index contributed by atoms with van der Waals surface area (Å²) in [5, 5.41) is 1.40. The van der Waals surface area contributed by atoms with Crippen LogP contribution < -0.4 is 10.9 Å². The lowest BCUT2D eigenvalue weighted by Crippen LogP contribution is -2.37. The number of ether oxygens (including phenoxy) is 2. The summed E-state index contributed by atoms with van der Waals surface area (Å²) in [5.41, 5.74) is 12.7. The lowest BCUT2D eigenvalue weighted by molar-refractivity contribution is 0.103. The molecule has 2 fully saturated rings. The quantitative estimate of drug-likeness (QED) is 0.207. The lowest BCUT2D eigenvalue weighted by atomic mass is 9.88. The fourth-order valence-electron chi connectivity index (χ4n) is 8.39. The molecule has 2 aromatic carbocycles. The van der Waals surface area contributed by atoms with Crippen molar-refractivity contribution < 1.29 is 19.1 Å². The van der Waals surface area contributed by atoms with Crippen LogP contribution in [0.3, 0.4) is 0 Å². The number of aromatic amines is 2. The summed E-state index contributed by atoms with van der Waals surface area (Å²) in [5.74, 6) is 0. The zero-order valence-corrected chi connectivity index (χ0v) is 35.2. The molecule has 4 aliphatic rings. The minimum atomic E-state index is -0.262. The number of hydrogen-bond acceptors (Lipinski definition) is 6. The van der Waals surface area contributed by atoms with Crippen LogP contribution >= 0.6 is 39.1 Å². The Morgan fingerprint density at radius 1 is 0.667 bits per heavy atom. The molecule has 2 saturated heterocycles. The number of carbonyl (C=O) groups is 2. The van der Waals surface area contributed by atoms with Gasteiger partial charge in [0, 0.05) is 77.0 Å². The molecule has 0 radical (unpaired) electrons. The number of H-pyrrole nitrogens is 2. The number of carbonyl (C=O) groups excluding carboxylic acids is 2. The summed E-state index contributed by atoms with van der Waals surface area (Å²) in [6, 6.07) is 13.5. The number of aromatic nitrogens is 2. The first-order valence-electron chi connectivity index (χ1n) is 19.5. The van der Waals surface area contributed by atoms with E-state index >= 15 is 0 Å². The Labute approximate surface area is 350 Å². The molecule has 2 aliphatic carbocycles. The van der Waals surface area contributed by atoms with Crippen LogP contribution in [0.5, 0.6) is 0 Å². The van der Waals surface area contributed by atoms with Gasteiger partial charge in [-0.15, -0.1) is 0 Å². The molecule has 8 rings (SSSR count). The van der Waals surface area contributed by atoms with E-state index in [2.05, 4.69) is 32.0 Å². The standard InChI is InChI=1S/C22H22BrClN2O3.C22H23ClN2O3/c1-2-29-22(28)26-9-7-13(8-10-26)19-16-6-4-15(24)11-14(16)3-5-17-20(19)25-12-18(23)21(17)27;1-2-28-22(27)25-11-8-14(9-12-25)20-17-6-4-16(23)13-15(17)3-5-18-19(26)7-10-24-21(18)20/h4,6,11-12H,2-3,5,7-10H2,1H3,(H,25,27);4,6-7,10,13H,2-3,5,8-9,11-12H2,1H3,(H,24,26). The summed E-state index contributed by atoms with van der Waals surface area (Å²) >= 11 is 15.9.